The van der Waals surface area contributed by atoms with Gasteiger partial charge in [0.05, 0.1) is 5.69 Å². The van der Waals surface area contributed by atoms with Gasteiger partial charge in [-0.25, -0.2) is 4.98 Å². The Bertz CT molecular complexity index is 723. The molecular weight excluding hydrogens is 266 g/mol. The highest BCUT2D eigenvalue weighted by molar-refractivity contribution is 7.15. The van der Waals surface area contributed by atoms with Gasteiger partial charge >= 0.3 is 0 Å². The van der Waals surface area contributed by atoms with Crippen molar-refractivity contribution in [3.8, 4) is 0 Å². The molecular formula is C16H17N3S. The fourth-order valence-electron chi connectivity index (χ4n) is 3.04. The summed E-state index contributed by atoms with van der Waals surface area (Å²) in [5.41, 5.74) is 4.18. The van der Waals surface area contributed by atoms with E-state index in [1.165, 1.54) is 16.8 Å². The standard InChI is InChI=1S/C16H17N3S/c1-12-3-2-4-13(7-12)16(10-17-11-16)8-14-9-19-5-6-20-15(19)18-14/h2-7,9,17H,8,10-11H2,1H3. The summed E-state index contributed by atoms with van der Waals surface area (Å²) in [4.78, 5) is 5.83. The van der Waals surface area contributed by atoms with Crippen LogP contribution in [-0.2, 0) is 11.8 Å². The molecule has 4 rings (SSSR count). The number of rotatable bonds is 3. The van der Waals surface area contributed by atoms with Crippen LogP contribution in [0.3, 0.4) is 0 Å². The summed E-state index contributed by atoms with van der Waals surface area (Å²) in [6.45, 7) is 4.25. The van der Waals surface area contributed by atoms with Gasteiger partial charge in [-0.1, -0.05) is 29.8 Å². The number of benzene rings is 1. The van der Waals surface area contributed by atoms with Gasteiger partial charge in [0, 0.05) is 42.7 Å². The molecule has 4 heteroatoms. The zero-order valence-electron chi connectivity index (χ0n) is 11.5. The van der Waals surface area contributed by atoms with E-state index in [2.05, 4.69) is 58.7 Å². The topological polar surface area (TPSA) is 29.3 Å². The SMILES string of the molecule is Cc1cccc(C2(Cc3cn4ccsc4n3)CNC2)c1. The summed E-state index contributed by atoms with van der Waals surface area (Å²) in [5.74, 6) is 0. The molecule has 0 saturated carbocycles. The van der Waals surface area contributed by atoms with Gasteiger partial charge in [0.15, 0.2) is 4.96 Å². The number of aromatic nitrogens is 2. The normalized spacial score (nSPS) is 17.2. The van der Waals surface area contributed by atoms with Crippen LogP contribution >= 0.6 is 11.3 Å². The van der Waals surface area contributed by atoms with E-state index in [4.69, 9.17) is 4.98 Å². The Kier molecular flexibility index (Phi) is 2.69. The number of fused-ring (bicyclic) bond motifs is 1. The van der Waals surface area contributed by atoms with Gasteiger partial charge in [-0.3, -0.25) is 4.40 Å². The van der Waals surface area contributed by atoms with Crippen molar-refractivity contribution in [2.24, 2.45) is 0 Å². The molecule has 1 aromatic carbocycles. The van der Waals surface area contributed by atoms with Crippen molar-refractivity contribution in [3.05, 3.63) is 58.9 Å². The second-order valence-corrected chi connectivity index (χ2v) is 6.63. The van der Waals surface area contributed by atoms with Gasteiger partial charge < -0.3 is 5.32 Å². The van der Waals surface area contributed by atoms with Gasteiger partial charge in [-0.15, -0.1) is 11.3 Å². The summed E-state index contributed by atoms with van der Waals surface area (Å²) in [7, 11) is 0. The van der Waals surface area contributed by atoms with Crippen LogP contribution in [0, 0.1) is 6.92 Å². The highest BCUT2D eigenvalue weighted by Gasteiger charge is 2.39. The van der Waals surface area contributed by atoms with Crippen LogP contribution in [0.4, 0.5) is 0 Å². The summed E-state index contributed by atoms with van der Waals surface area (Å²) in [5, 5.41) is 5.51. The number of aryl methyl sites for hydroxylation is 1. The third kappa shape index (κ3) is 1.87. The van der Waals surface area contributed by atoms with Crippen molar-refractivity contribution < 1.29 is 0 Å². The Morgan fingerprint density at radius 3 is 3.00 bits per heavy atom. The van der Waals surface area contributed by atoms with Crippen LogP contribution in [0.1, 0.15) is 16.8 Å². The van der Waals surface area contributed by atoms with E-state index in [0.717, 1.165) is 24.5 Å². The maximum atomic E-state index is 4.74. The van der Waals surface area contributed by atoms with Crippen LogP contribution in [0.25, 0.3) is 4.96 Å². The lowest BCUT2D eigenvalue weighted by atomic mass is 9.71. The van der Waals surface area contributed by atoms with E-state index >= 15 is 0 Å². The second kappa shape index (κ2) is 4.43. The summed E-state index contributed by atoms with van der Waals surface area (Å²) in [6.07, 6.45) is 5.26. The fourth-order valence-corrected chi connectivity index (χ4v) is 3.76. The van der Waals surface area contributed by atoms with E-state index in [-0.39, 0.29) is 5.41 Å². The van der Waals surface area contributed by atoms with Crippen molar-refractivity contribution >= 4 is 16.3 Å². The Hall–Kier alpha value is -1.65. The molecule has 0 atom stereocenters. The molecule has 1 N–H and O–H groups in total. The van der Waals surface area contributed by atoms with Gasteiger partial charge in [0.25, 0.3) is 0 Å². The Morgan fingerprint density at radius 1 is 1.40 bits per heavy atom. The van der Waals surface area contributed by atoms with E-state index in [1.54, 1.807) is 11.3 Å². The lowest BCUT2D eigenvalue weighted by Gasteiger charge is -2.43. The zero-order valence-corrected chi connectivity index (χ0v) is 12.3. The van der Waals surface area contributed by atoms with Crippen LogP contribution in [0.5, 0.6) is 0 Å². The summed E-state index contributed by atoms with van der Waals surface area (Å²) < 4.78 is 2.12. The van der Waals surface area contributed by atoms with E-state index in [1.807, 2.05) is 0 Å². The van der Waals surface area contributed by atoms with Crippen molar-refractivity contribution in [1.82, 2.24) is 14.7 Å². The molecule has 0 aliphatic carbocycles. The maximum Gasteiger partial charge on any atom is 0.193 e. The molecule has 1 aliphatic rings. The fraction of sp³-hybridized carbons (Fsp3) is 0.312. The summed E-state index contributed by atoms with van der Waals surface area (Å²) >= 11 is 1.69. The molecule has 20 heavy (non-hydrogen) atoms. The number of nitrogens with zero attached hydrogens (tertiary/aromatic N) is 2. The number of imidazole rings is 1. The third-order valence-corrected chi connectivity index (χ3v) is 4.99. The number of hydrogen-bond acceptors (Lipinski definition) is 3. The van der Waals surface area contributed by atoms with Gasteiger partial charge in [-0.2, -0.15) is 0 Å². The van der Waals surface area contributed by atoms with Gasteiger partial charge in [0.2, 0.25) is 0 Å². The van der Waals surface area contributed by atoms with Crippen LogP contribution in [-0.4, -0.2) is 22.5 Å². The molecule has 0 unspecified atom stereocenters. The van der Waals surface area contributed by atoms with E-state index in [0.29, 0.717) is 0 Å². The predicted octanol–water partition coefficient (Wildman–Crippen LogP) is 2.79. The lowest BCUT2D eigenvalue weighted by Crippen LogP contribution is -2.58. The minimum atomic E-state index is 0.218. The van der Waals surface area contributed by atoms with Crippen molar-refractivity contribution in [2.75, 3.05) is 13.1 Å². The molecule has 0 amide bonds. The van der Waals surface area contributed by atoms with Gasteiger partial charge in [-0.05, 0) is 12.5 Å². The molecule has 3 heterocycles. The first kappa shape index (κ1) is 12.1. The molecule has 1 aliphatic heterocycles. The molecule has 1 saturated heterocycles. The first-order valence-electron chi connectivity index (χ1n) is 6.94. The highest BCUT2D eigenvalue weighted by Crippen LogP contribution is 2.33. The quantitative estimate of drug-likeness (QED) is 0.801. The van der Waals surface area contributed by atoms with Crippen LogP contribution in [0.15, 0.2) is 42.0 Å². The minimum absolute atomic E-state index is 0.218. The lowest BCUT2D eigenvalue weighted by molar-refractivity contribution is 0.273. The van der Waals surface area contributed by atoms with Crippen LogP contribution in [0.2, 0.25) is 0 Å². The monoisotopic (exact) mass is 283 g/mol. The number of thiazole rings is 1. The van der Waals surface area contributed by atoms with E-state index in [9.17, 15) is 0 Å². The molecule has 3 aromatic rings. The minimum Gasteiger partial charge on any atom is -0.315 e. The molecule has 0 bridgehead atoms. The molecule has 3 nitrogen and oxygen atoms in total. The second-order valence-electron chi connectivity index (χ2n) is 5.76. The molecule has 0 spiro atoms. The highest BCUT2D eigenvalue weighted by atomic mass is 32.1. The maximum absolute atomic E-state index is 4.74. The molecule has 1 fully saturated rings. The third-order valence-electron chi connectivity index (χ3n) is 4.22. The molecule has 0 radical (unpaired) electrons. The Morgan fingerprint density at radius 2 is 2.30 bits per heavy atom. The first-order valence-corrected chi connectivity index (χ1v) is 7.82. The number of hydrogen-bond donors (Lipinski definition) is 1. The Balaban J connectivity index is 1.69. The molecule has 102 valence electrons. The van der Waals surface area contributed by atoms with Gasteiger partial charge in [0.1, 0.15) is 0 Å². The summed E-state index contributed by atoms with van der Waals surface area (Å²) in [6, 6.07) is 8.90. The number of nitrogens with one attached hydrogen (secondary N) is 1. The Labute approximate surface area is 122 Å². The average molecular weight is 283 g/mol. The zero-order chi connectivity index (χ0) is 13.6. The van der Waals surface area contributed by atoms with E-state index < -0.39 is 0 Å². The van der Waals surface area contributed by atoms with Crippen molar-refractivity contribution in [2.45, 2.75) is 18.8 Å². The first-order chi connectivity index (χ1) is 9.75. The largest absolute Gasteiger partial charge is 0.315 e. The van der Waals surface area contributed by atoms with Crippen molar-refractivity contribution in [3.63, 3.8) is 0 Å². The van der Waals surface area contributed by atoms with Crippen molar-refractivity contribution in [1.29, 1.82) is 0 Å². The predicted molar refractivity (Wildman–Crippen MR) is 82.5 cm³/mol. The average Bonchev–Trinajstić information content (AvgIpc) is 2.94. The van der Waals surface area contributed by atoms with Crippen LogP contribution < -0.4 is 5.32 Å². The molecule has 2 aromatic heterocycles. The smallest absolute Gasteiger partial charge is 0.193 e.